The van der Waals surface area contributed by atoms with E-state index in [1.165, 1.54) is 22.3 Å². The zero-order valence-corrected chi connectivity index (χ0v) is 18.7. The van der Waals surface area contributed by atoms with Crippen molar-refractivity contribution in [3.05, 3.63) is 46.6 Å². The molecule has 2 N–H and O–H groups in total. The summed E-state index contributed by atoms with van der Waals surface area (Å²) < 4.78 is 0. The summed E-state index contributed by atoms with van der Waals surface area (Å²) in [5.41, 5.74) is 5.60. The van der Waals surface area contributed by atoms with Crippen LogP contribution < -0.4 is 5.32 Å². The third-order valence-corrected chi connectivity index (χ3v) is 4.81. The maximum Gasteiger partial charge on any atom is 0.321 e. The fraction of sp³-hybridized carbons (Fsp3) is 0.609. The van der Waals surface area contributed by atoms with Gasteiger partial charge in [0.2, 0.25) is 0 Å². The molecule has 0 aliphatic heterocycles. The number of rotatable bonds is 14. The fourth-order valence-electron chi connectivity index (χ4n) is 2.59. The number of thiol groups is 1. The maximum absolute atomic E-state index is 10.9. The van der Waals surface area contributed by atoms with Crippen molar-refractivity contribution in [2.45, 2.75) is 79.2 Å². The van der Waals surface area contributed by atoms with Crippen molar-refractivity contribution in [3.8, 4) is 0 Å². The minimum absolute atomic E-state index is 0.299. The molecule has 0 amide bonds. The molecule has 1 unspecified atom stereocenters. The van der Waals surface area contributed by atoms with Gasteiger partial charge in [-0.1, -0.05) is 46.6 Å². The summed E-state index contributed by atoms with van der Waals surface area (Å²) in [7, 11) is 0. The van der Waals surface area contributed by atoms with Gasteiger partial charge in [0.15, 0.2) is 0 Å². The van der Waals surface area contributed by atoms with Gasteiger partial charge in [-0.15, -0.1) is 0 Å². The molecule has 0 saturated carbocycles. The summed E-state index contributed by atoms with van der Waals surface area (Å²) in [6.45, 7) is 11.4. The van der Waals surface area contributed by atoms with Crippen LogP contribution in [0, 0.1) is 0 Å². The number of hydrogen-bond donors (Lipinski definition) is 3. The van der Waals surface area contributed by atoms with Crippen molar-refractivity contribution in [1.29, 1.82) is 0 Å². The zero-order valence-electron chi connectivity index (χ0n) is 17.8. The first-order valence-electron chi connectivity index (χ1n) is 9.93. The van der Waals surface area contributed by atoms with Crippen molar-refractivity contribution < 1.29 is 9.90 Å². The first kappa shape index (κ1) is 25.7. The van der Waals surface area contributed by atoms with Gasteiger partial charge < -0.3 is 10.4 Å². The summed E-state index contributed by atoms with van der Waals surface area (Å²) in [6.07, 6.45) is 15.6. The molecule has 0 aromatic heterocycles. The van der Waals surface area contributed by atoms with Crippen LogP contribution in [-0.4, -0.2) is 29.4 Å². The number of aliphatic carboxylic acids is 1. The molecule has 0 bridgehead atoms. The second kappa shape index (κ2) is 15.8. The van der Waals surface area contributed by atoms with E-state index < -0.39 is 12.0 Å². The number of carboxylic acid groups (broad SMARTS) is 1. The lowest BCUT2D eigenvalue weighted by molar-refractivity contribution is -0.138. The largest absolute Gasteiger partial charge is 0.480 e. The molecular formula is C23H39NO2S. The lowest BCUT2D eigenvalue weighted by atomic mass is 10.0. The quantitative estimate of drug-likeness (QED) is 0.247. The van der Waals surface area contributed by atoms with Gasteiger partial charge in [0.05, 0.1) is 0 Å². The molecule has 0 aliphatic rings. The maximum atomic E-state index is 10.9. The predicted molar refractivity (Wildman–Crippen MR) is 122 cm³/mol. The van der Waals surface area contributed by atoms with Gasteiger partial charge in [-0.25, -0.2) is 0 Å². The van der Waals surface area contributed by atoms with Crippen molar-refractivity contribution in [1.82, 2.24) is 5.32 Å². The standard InChI is InChI=1S/C23H39NO2S/c1-18(2)9-6-10-19(3)11-7-12-20(4)13-8-14-21(5)15-16-24-22(17-27)23(25)26/h9,11,13,15,22,24,27H,6-8,10,12,14,16-17H2,1-5H3,(H,25,26)/b19-11+,20-13?,21-15+. The van der Waals surface area contributed by atoms with Gasteiger partial charge in [0.25, 0.3) is 0 Å². The molecule has 154 valence electrons. The lowest BCUT2D eigenvalue weighted by Gasteiger charge is -2.10. The van der Waals surface area contributed by atoms with Crippen LogP contribution >= 0.6 is 12.6 Å². The summed E-state index contributed by atoms with van der Waals surface area (Å²) in [6, 6.07) is -0.585. The average molecular weight is 394 g/mol. The molecule has 0 aromatic rings. The van der Waals surface area contributed by atoms with E-state index in [1.54, 1.807) is 0 Å². The number of allylic oxidation sites excluding steroid dienone is 7. The molecule has 0 fully saturated rings. The molecule has 0 heterocycles. The molecule has 0 rings (SSSR count). The molecule has 0 aromatic carbocycles. The van der Waals surface area contributed by atoms with Crippen LogP contribution in [0.5, 0.6) is 0 Å². The molecule has 1 atom stereocenters. The second-order valence-corrected chi connectivity index (χ2v) is 7.90. The first-order chi connectivity index (χ1) is 12.8. The Kier molecular flexibility index (Phi) is 15.0. The minimum Gasteiger partial charge on any atom is -0.480 e. The highest BCUT2D eigenvalue weighted by Crippen LogP contribution is 2.13. The molecule has 4 heteroatoms. The Balaban J connectivity index is 4.08. The predicted octanol–water partition coefficient (Wildman–Crippen LogP) is 6.10. The van der Waals surface area contributed by atoms with E-state index in [9.17, 15) is 4.79 Å². The van der Waals surface area contributed by atoms with Gasteiger partial charge in [0.1, 0.15) is 6.04 Å². The monoisotopic (exact) mass is 393 g/mol. The van der Waals surface area contributed by atoms with Crippen LogP contribution in [0.15, 0.2) is 46.6 Å². The summed E-state index contributed by atoms with van der Waals surface area (Å²) in [5, 5.41) is 11.9. The molecule has 0 spiro atoms. The Labute approximate surface area is 172 Å². The fourth-order valence-corrected chi connectivity index (χ4v) is 2.88. The molecule has 0 aliphatic carbocycles. The minimum atomic E-state index is -0.851. The molecular weight excluding hydrogens is 354 g/mol. The van der Waals surface area contributed by atoms with Crippen LogP contribution in [0.1, 0.15) is 73.1 Å². The van der Waals surface area contributed by atoms with Crippen LogP contribution in [-0.2, 0) is 4.79 Å². The highest BCUT2D eigenvalue weighted by Gasteiger charge is 2.12. The van der Waals surface area contributed by atoms with Gasteiger partial charge in [-0.3, -0.25) is 4.79 Å². The van der Waals surface area contributed by atoms with Crippen molar-refractivity contribution in [2.75, 3.05) is 12.3 Å². The third-order valence-electron chi connectivity index (χ3n) is 4.45. The smallest absolute Gasteiger partial charge is 0.321 e. The van der Waals surface area contributed by atoms with Gasteiger partial charge in [-0.2, -0.15) is 12.6 Å². The van der Waals surface area contributed by atoms with E-state index in [0.29, 0.717) is 12.3 Å². The van der Waals surface area contributed by atoms with E-state index in [-0.39, 0.29) is 0 Å². The normalized spacial score (nSPS) is 14.2. The summed E-state index contributed by atoms with van der Waals surface area (Å²) in [5.74, 6) is -0.552. The van der Waals surface area contributed by atoms with E-state index in [1.807, 2.05) is 0 Å². The summed E-state index contributed by atoms with van der Waals surface area (Å²) >= 11 is 4.05. The van der Waals surface area contributed by atoms with Crippen molar-refractivity contribution >= 4 is 18.6 Å². The van der Waals surface area contributed by atoms with E-state index in [2.05, 4.69) is 76.9 Å². The Morgan fingerprint density at radius 3 is 1.70 bits per heavy atom. The van der Waals surface area contributed by atoms with Crippen LogP contribution in [0.3, 0.4) is 0 Å². The molecule has 27 heavy (non-hydrogen) atoms. The Morgan fingerprint density at radius 2 is 1.30 bits per heavy atom. The van der Waals surface area contributed by atoms with Crippen LogP contribution in [0.4, 0.5) is 0 Å². The van der Waals surface area contributed by atoms with Gasteiger partial charge in [0, 0.05) is 12.3 Å². The SMILES string of the molecule is CC(C)=CCC/C(C)=C/CCC(C)=CCC/C(C)=C/CNC(CS)C(=O)O. The van der Waals surface area contributed by atoms with E-state index in [0.717, 1.165) is 38.5 Å². The zero-order chi connectivity index (χ0) is 20.7. The highest BCUT2D eigenvalue weighted by atomic mass is 32.1. The van der Waals surface area contributed by atoms with Gasteiger partial charge in [-0.05, 0) is 73.1 Å². The Bertz CT molecular complexity index is 555. The molecule has 3 nitrogen and oxygen atoms in total. The second-order valence-electron chi connectivity index (χ2n) is 7.53. The number of carboxylic acids is 1. The van der Waals surface area contributed by atoms with E-state index in [4.69, 9.17) is 5.11 Å². The van der Waals surface area contributed by atoms with Crippen molar-refractivity contribution in [3.63, 3.8) is 0 Å². The lowest BCUT2D eigenvalue weighted by Crippen LogP contribution is -2.38. The summed E-state index contributed by atoms with van der Waals surface area (Å²) in [4.78, 5) is 10.9. The van der Waals surface area contributed by atoms with Crippen molar-refractivity contribution in [2.24, 2.45) is 0 Å². The van der Waals surface area contributed by atoms with Crippen LogP contribution in [0.2, 0.25) is 0 Å². The number of hydrogen-bond acceptors (Lipinski definition) is 3. The topological polar surface area (TPSA) is 49.3 Å². The highest BCUT2D eigenvalue weighted by molar-refractivity contribution is 7.80. The van der Waals surface area contributed by atoms with E-state index >= 15 is 0 Å². The van der Waals surface area contributed by atoms with Gasteiger partial charge >= 0.3 is 5.97 Å². The number of nitrogens with one attached hydrogen (secondary N) is 1. The number of carbonyl (C=O) groups is 1. The first-order valence-corrected chi connectivity index (χ1v) is 10.6. The van der Waals surface area contributed by atoms with Crippen LogP contribution in [0.25, 0.3) is 0 Å². The Hall–Kier alpha value is -1.26. The molecule has 0 radical (unpaired) electrons. The molecule has 0 saturated heterocycles. The average Bonchev–Trinajstić information content (AvgIpc) is 2.58. The third kappa shape index (κ3) is 15.5. The Morgan fingerprint density at radius 1 is 0.852 bits per heavy atom.